The Bertz CT molecular complexity index is 2810. The number of fused-ring (bicyclic) bond motifs is 1. The van der Waals surface area contributed by atoms with Gasteiger partial charge in [-0.05, 0) is 25.5 Å². The van der Waals surface area contributed by atoms with Crippen molar-refractivity contribution >= 4 is 51.4 Å². The summed E-state index contributed by atoms with van der Waals surface area (Å²) in [5.74, 6) is -13.7. The van der Waals surface area contributed by atoms with Gasteiger partial charge in [0.2, 0.25) is 23.3 Å². The number of aliphatic hydroxyl groups excluding tert-OH is 1. The predicted molar refractivity (Wildman–Crippen MR) is 298 cm³/mol. The van der Waals surface area contributed by atoms with Gasteiger partial charge in [-0.2, -0.15) is 17.2 Å². The zero-order valence-electron chi connectivity index (χ0n) is 48.4. The molecule has 0 aliphatic carbocycles. The summed E-state index contributed by atoms with van der Waals surface area (Å²) in [5, 5.41) is 14.5. The number of carbonyl (C=O) groups excluding carboxylic acids is 4. The van der Waals surface area contributed by atoms with E-state index in [-0.39, 0.29) is 89.6 Å². The Kier molecular flexibility index (Phi) is 32.0. The number of carbonyl (C=O) groups is 4. The van der Waals surface area contributed by atoms with Crippen molar-refractivity contribution in [1.29, 1.82) is 0 Å². The summed E-state index contributed by atoms with van der Waals surface area (Å²) < 4.78 is 145. The van der Waals surface area contributed by atoms with Gasteiger partial charge >= 0.3 is 16.1 Å². The lowest BCUT2D eigenvalue weighted by atomic mass is 10.0. The Labute approximate surface area is 500 Å². The van der Waals surface area contributed by atoms with Gasteiger partial charge in [0, 0.05) is 49.2 Å². The number of likely N-dealkylation sites (tertiary alicyclic amines) is 1. The minimum absolute atomic E-state index is 0.000968. The summed E-state index contributed by atoms with van der Waals surface area (Å²) in [4.78, 5) is 69.8. The van der Waals surface area contributed by atoms with Gasteiger partial charge in [-0.15, -0.1) is 0 Å². The molecule has 2 aliphatic rings. The zero-order valence-corrected chi connectivity index (χ0v) is 49.2. The van der Waals surface area contributed by atoms with Gasteiger partial charge in [-0.1, -0.05) is 19.1 Å². The van der Waals surface area contributed by atoms with Crippen molar-refractivity contribution in [2.45, 2.75) is 56.6 Å². The average molecular weight is 1260 g/mol. The molecule has 2 aromatic carbocycles. The second-order valence-electron chi connectivity index (χ2n) is 18.7. The number of esters is 1. The number of ether oxygens (including phenoxy) is 11. The van der Waals surface area contributed by atoms with Crippen molar-refractivity contribution < 1.29 is 112 Å². The normalized spacial score (nSPS) is 15.0. The maximum atomic E-state index is 14.0. The molecule has 1 fully saturated rings. The highest BCUT2D eigenvalue weighted by Gasteiger charge is 2.40. The maximum absolute atomic E-state index is 14.0. The number of nitrogens with two attached hydrogens (primary N) is 1. The number of aliphatic imine (C=N–C) groups is 1. The number of benzene rings is 2. The van der Waals surface area contributed by atoms with Crippen LogP contribution in [0, 0.1) is 23.3 Å². The van der Waals surface area contributed by atoms with Crippen LogP contribution in [-0.4, -0.2) is 238 Å². The van der Waals surface area contributed by atoms with Gasteiger partial charge < -0.3 is 73.2 Å². The largest absolute Gasteiger partial charge is 0.420 e. The number of aromatic nitrogens is 2. The van der Waals surface area contributed by atoms with Gasteiger partial charge in [-0.3, -0.25) is 33.6 Å². The first-order valence-corrected chi connectivity index (χ1v) is 29.4. The topological polar surface area (TPSA) is 336 Å². The smallest absolute Gasteiger partial charge is 0.313 e. The van der Waals surface area contributed by atoms with E-state index in [0.717, 1.165) is 6.42 Å². The van der Waals surface area contributed by atoms with Crippen molar-refractivity contribution in [2.24, 2.45) is 10.7 Å². The highest BCUT2D eigenvalue weighted by molar-refractivity contribution is 7.85. The van der Waals surface area contributed by atoms with E-state index >= 15 is 0 Å². The number of amidine groups is 1. The molecule has 484 valence electrons. The van der Waals surface area contributed by atoms with Gasteiger partial charge in [0.1, 0.15) is 17.6 Å². The third-order valence-corrected chi connectivity index (χ3v) is 13.1. The van der Waals surface area contributed by atoms with Crippen LogP contribution >= 0.6 is 0 Å². The van der Waals surface area contributed by atoms with Crippen LogP contribution in [0.5, 0.6) is 5.75 Å². The predicted octanol–water partition coefficient (Wildman–Crippen LogP) is 2.77. The molecule has 0 spiro atoms. The fourth-order valence-electron chi connectivity index (χ4n) is 8.13. The lowest BCUT2D eigenvalue weighted by Crippen LogP contribution is -2.46. The number of halogens is 4. The van der Waals surface area contributed by atoms with E-state index in [2.05, 4.69) is 25.0 Å². The van der Waals surface area contributed by atoms with Gasteiger partial charge in [-0.25, -0.2) is 23.8 Å². The molecule has 5 N–H and O–H groups in total. The van der Waals surface area contributed by atoms with E-state index in [9.17, 15) is 50.3 Å². The molecule has 5 rings (SSSR count). The second-order valence-corrected chi connectivity index (χ2v) is 20.1. The highest BCUT2D eigenvalue weighted by atomic mass is 32.2. The third-order valence-electron chi connectivity index (χ3n) is 12.2. The van der Waals surface area contributed by atoms with Crippen LogP contribution in [0.4, 0.5) is 23.2 Å². The number of hydrogen-bond acceptors (Lipinski definition) is 23. The van der Waals surface area contributed by atoms with Crippen molar-refractivity contribution in [3.05, 3.63) is 70.7 Å². The van der Waals surface area contributed by atoms with Crippen LogP contribution in [-0.2, 0) is 76.7 Å². The molecule has 0 saturated carbocycles. The first kappa shape index (κ1) is 71.5. The lowest BCUT2D eigenvalue weighted by molar-refractivity contribution is -0.180. The second kappa shape index (κ2) is 38.9. The average Bonchev–Trinajstić information content (AvgIpc) is 1.74. The van der Waals surface area contributed by atoms with Crippen LogP contribution < -0.4 is 15.8 Å². The lowest BCUT2D eigenvalue weighted by Gasteiger charge is -2.23. The minimum atomic E-state index is -5.66. The standard InChI is InChI=1S/C55H75F4N7O20S/c1-3-9-66(85-4-2)54(70)39-30-37-5-6-38(31-41(37)64-45(60)32-39)42-34-63-43(35-62-42)55(71)65-36-40(67)33-44(65)53(69)61-8-11-76-13-15-78-17-19-80-21-23-82-25-27-84-29-28-83-26-24-81-22-20-79-18-16-77-14-12-75-10-7-46(68)86-51-47(56)49(58)52(87(72,73)74)50(59)48(51)57/h5-6,30-31,34-35,40,44,67H,3-4,7-29,32-33,36H2,1-2H3,(H2,60,64)(H,61,69)(H,72,73,74)/t40-,44+/m1/s1. The van der Waals surface area contributed by atoms with Crippen molar-refractivity contribution in [3.63, 3.8) is 0 Å². The van der Waals surface area contributed by atoms with Crippen molar-refractivity contribution in [2.75, 3.05) is 158 Å². The van der Waals surface area contributed by atoms with E-state index in [1.54, 1.807) is 24.3 Å². The van der Waals surface area contributed by atoms with E-state index in [0.29, 0.717) is 127 Å². The molecular formula is C55H75F4N7O20S. The number of amides is 3. The number of rotatable bonds is 43. The Morgan fingerprint density at radius 3 is 1.69 bits per heavy atom. The molecule has 2 aliphatic heterocycles. The molecule has 0 bridgehead atoms. The van der Waals surface area contributed by atoms with Crippen LogP contribution in [0.25, 0.3) is 17.3 Å². The molecule has 3 amide bonds. The van der Waals surface area contributed by atoms with E-state index in [1.807, 2.05) is 13.8 Å². The number of nitrogens with zero attached hydrogens (tertiary/aromatic N) is 5. The number of hydroxylamine groups is 2. The fourth-order valence-corrected chi connectivity index (χ4v) is 8.76. The molecule has 3 aromatic rings. The highest BCUT2D eigenvalue weighted by Crippen LogP contribution is 2.34. The maximum Gasteiger partial charge on any atom is 0.313 e. The number of aliphatic hydroxyl groups is 1. The zero-order chi connectivity index (χ0) is 63.0. The monoisotopic (exact) mass is 1260 g/mol. The number of hydrogen-bond donors (Lipinski definition) is 4. The summed E-state index contributed by atoms with van der Waals surface area (Å²) >= 11 is 0. The molecule has 3 heterocycles. The van der Waals surface area contributed by atoms with Gasteiger partial charge in [0.05, 0.1) is 175 Å². The summed E-state index contributed by atoms with van der Waals surface area (Å²) in [7, 11) is -5.66. The first-order valence-electron chi connectivity index (χ1n) is 28.0. The third kappa shape index (κ3) is 24.3. The van der Waals surface area contributed by atoms with Gasteiger partial charge in [0.25, 0.3) is 11.8 Å². The molecule has 0 unspecified atom stereocenters. The van der Waals surface area contributed by atoms with E-state index in [1.165, 1.54) is 22.4 Å². The number of nitrogens with one attached hydrogen (secondary N) is 1. The summed E-state index contributed by atoms with van der Waals surface area (Å²) in [6.45, 7) is 9.97. The van der Waals surface area contributed by atoms with Crippen LogP contribution in [0.3, 0.4) is 0 Å². The number of β-amino-alcohol motifs (C(OH)–C–C–N with tert-alkyl or cyclic N) is 1. The minimum Gasteiger partial charge on any atom is -0.420 e. The van der Waals surface area contributed by atoms with Crippen LogP contribution in [0.2, 0.25) is 0 Å². The molecule has 1 aromatic heterocycles. The Balaban J connectivity index is 0.776. The van der Waals surface area contributed by atoms with Crippen LogP contribution in [0.1, 0.15) is 55.6 Å². The Morgan fingerprint density at radius 2 is 1.22 bits per heavy atom. The van der Waals surface area contributed by atoms with E-state index < -0.39 is 80.4 Å². The summed E-state index contributed by atoms with van der Waals surface area (Å²) in [6.07, 6.45) is 3.95. The molecule has 32 heteroatoms. The van der Waals surface area contributed by atoms with E-state index in [4.69, 9.17) is 62.5 Å². The molecule has 27 nitrogen and oxygen atoms in total. The summed E-state index contributed by atoms with van der Waals surface area (Å²) in [6, 6.07) is 4.45. The fraction of sp³-hybridized carbons (Fsp3) is 0.582. The van der Waals surface area contributed by atoms with Crippen molar-refractivity contribution in [1.82, 2.24) is 25.2 Å². The molecular weight excluding hydrogens is 1190 g/mol. The first-order chi connectivity index (χ1) is 41.9. The van der Waals surface area contributed by atoms with Crippen LogP contribution in [0.15, 0.2) is 46.1 Å². The SMILES string of the molecule is CCCN(OCC)C(=O)C1=Cc2ccc(-c3cnc(C(=O)N4C[C@H](O)C[C@H]4C(=O)NCCOCCOCCOCCOCCOCCOCCOCCOCCOCCOCCC(=O)Oc4c(F)c(F)c(S(=O)(=O)O)c(F)c4F)cn3)cc2N=C(N)C1. The summed E-state index contributed by atoms with van der Waals surface area (Å²) in [5.41, 5.74) is 9.00. The van der Waals surface area contributed by atoms with Gasteiger partial charge in [0.15, 0.2) is 16.5 Å². The molecule has 1 saturated heterocycles. The Morgan fingerprint density at radius 1 is 0.713 bits per heavy atom. The quantitative estimate of drug-likeness (QED) is 0.0120. The van der Waals surface area contributed by atoms with Crippen molar-refractivity contribution in [3.8, 4) is 17.0 Å². The molecule has 87 heavy (non-hydrogen) atoms. The molecule has 0 radical (unpaired) electrons. The molecule has 2 atom stereocenters. The Hall–Kier alpha value is -6.24.